The van der Waals surface area contributed by atoms with E-state index in [0.29, 0.717) is 19.0 Å². The molecule has 1 unspecified atom stereocenters. The summed E-state index contributed by atoms with van der Waals surface area (Å²) in [6.45, 7) is 3.11. The number of guanidine groups is 1. The molecular formula is C23H30FIN4O. The summed E-state index contributed by atoms with van der Waals surface area (Å²) in [7, 11) is 1.79. The third-order valence-electron chi connectivity index (χ3n) is 5.17. The zero-order chi connectivity index (χ0) is 20.5. The summed E-state index contributed by atoms with van der Waals surface area (Å²) in [6.07, 6.45) is 2.50. The molecule has 2 N–H and O–H groups in total. The van der Waals surface area contributed by atoms with Gasteiger partial charge in [-0.15, -0.1) is 24.0 Å². The Hall–Kier alpha value is -2.16. The molecule has 5 nitrogen and oxygen atoms in total. The molecule has 7 heteroatoms. The molecule has 3 rings (SSSR count). The number of rotatable bonds is 7. The van der Waals surface area contributed by atoms with E-state index in [9.17, 15) is 9.18 Å². The molecule has 30 heavy (non-hydrogen) atoms. The highest BCUT2D eigenvalue weighted by atomic mass is 127. The Morgan fingerprint density at radius 3 is 2.47 bits per heavy atom. The number of carbonyl (C=O) groups is 1. The smallest absolute Gasteiger partial charge is 0.224 e. The van der Waals surface area contributed by atoms with Gasteiger partial charge in [-0.05, 0) is 42.0 Å². The highest BCUT2D eigenvalue weighted by molar-refractivity contribution is 14.0. The predicted octanol–water partition coefficient (Wildman–Crippen LogP) is 3.24. The van der Waals surface area contributed by atoms with Crippen molar-refractivity contribution in [2.24, 2.45) is 10.9 Å². The van der Waals surface area contributed by atoms with E-state index in [4.69, 9.17) is 0 Å². The lowest BCUT2D eigenvalue weighted by Gasteiger charge is -2.22. The maximum Gasteiger partial charge on any atom is 0.224 e. The molecule has 1 amide bonds. The van der Waals surface area contributed by atoms with Gasteiger partial charge in [0.15, 0.2) is 5.96 Å². The number of likely N-dealkylation sites (tertiary alicyclic amines) is 1. The van der Waals surface area contributed by atoms with Crippen molar-refractivity contribution in [3.05, 3.63) is 71.5 Å². The lowest BCUT2D eigenvalue weighted by atomic mass is 9.99. The zero-order valence-electron chi connectivity index (χ0n) is 17.3. The molecule has 1 aliphatic heterocycles. The van der Waals surface area contributed by atoms with Gasteiger partial charge in [0, 0.05) is 33.2 Å². The maximum atomic E-state index is 12.9. The minimum atomic E-state index is -0.294. The van der Waals surface area contributed by atoms with Gasteiger partial charge in [0.25, 0.3) is 0 Å². The van der Waals surface area contributed by atoms with Crippen LogP contribution in [0.2, 0.25) is 0 Å². The minimum absolute atomic E-state index is 0. The molecule has 1 saturated heterocycles. The van der Waals surface area contributed by atoms with Gasteiger partial charge in [-0.25, -0.2) is 4.39 Å². The Morgan fingerprint density at radius 2 is 1.77 bits per heavy atom. The van der Waals surface area contributed by atoms with Gasteiger partial charge in [0.2, 0.25) is 5.91 Å². The lowest BCUT2D eigenvalue weighted by molar-refractivity contribution is -0.120. The minimum Gasteiger partial charge on any atom is -0.354 e. The lowest BCUT2D eigenvalue weighted by Crippen LogP contribution is -2.43. The van der Waals surface area contributed by atoms with E-state index < -0.39 is 0 Å². The van der Waals surface area contributed by atoms with Crippen LogP contribution in [0.5, 0.6) is 0 Å². The molecular weight excluding hydrogens is 494 g/mol. The molecule has 2 aromatic carbocycles. The Balaban J connectivity index is 0.00000320. The fourth-order valence-corrected chi connectivity index (χ4v) is 3.70. The number of aliphatic imine (C=N–C) groups is 1. The van der Waals surface area contributed by atoms with Crippen molar-refractivity contribution in [2.75, 3.05) is 33.2 Å². The molecule has 0 aliphatic carbocycles. The van der Waals surface area contributed by atoms with E-state index in [2.05, 4.69) is 50.9 Å². The van der Waals surface area contributed by atoms with Crippen LogP contribution in [0.25, 0.3) is 0 Å². The van der Waals surface area contributed by atoms with Crippen LogP contribution in [-0.2, 0) is 17.6 Å². The fraction of sp³-hybridized carbons (Fsp3) is 0.391. The topological polar surface area (TPSA) is 56.7 Å². The molecule has 1 atom stereocenters. The SMILES string of the molecule is CN=C(NCCNC(=O)Cc1ccc(F)cc1)N1CCC(Cc2ccccc2)C1.I. The molecule has 0 saturated carbocycles. The first-order valence-electron chi connectivity index (χ1n) is 10.1. The van der Waals surface area contributed by atoms with Crippen LogP contribution < -0.4 is 10.6 Å². The van der Waals surface area contributed by atoms with Crippen LogP contribution in [-0.4, -0.2) is 50.0 Å². The molecule has 0 aromatic heterocycles. The maximum absolute atomic E-state index is 12.9. The van der Waals surface area contributed by atoms with Gasteiger partial charge >= 0.3 is 0 Å². The van der Waals surface area contributed by atoms with Crippen molar-refractivity contribution in [1.82, 2.24) is 15.5 Å². The van der Waals surface area contributed by atoms with Gasteiger partial charge in [0.1, 0.15) is 5.82 Å². The van der Waals surface area contributed by atoms with E-state index in [-0.39, 0.29) is 42.1 Å². The van der Waals surface area contributed by atoms with Crippen molar-refractivity contribution >= 4 is 35.8 Å². The largest absolute Gasteiger partial charge is 0.354 e. The van der Waals surface area contributed by atoms with E-state index in [1.54, 1.807) is 19.2 Å². The van der Waals surface area contributed by atoms with Crippen LogP contribution in [0.3, 0.4) is 0 Å². The third-order valence-corrected chi connectivity index (χ3v) is 5.17. The first kappa shape index (κ1) is 24.1. The average Bonchev–Trinajstić information content (AvgIpc) is 3.19. The second kappa shape index (κ2) is 12.5. The number of benzene rings is 2. The number of nitrogens with one attached hydrogen (secondary N) is 2. The first-order valence-corrected chi connectivity index (χ1v) is 10.1. The first-order chi connectivity index (χ1) is 14.1. The second-order valence-corrected chi connectivity index (χ2v) is 7.42. The summed E-state index contributed by atoms with van der Waals surface area (Å²) in [5, 5.41) is 6.22. The fourth-order valence-electron chi connectivity index (χ4n) is 3.70. The van der Waals surface area contributed by atoms with E-state index >= 15 is 0 Å². The number of hydrogen-bond acceptors (Lipinski definition) is 2. The normalized spacial score (nSPS) is 16.1. The molecule has 2 aromatic rings. The number of nitrogens with zero attached hydrogens (tertiary/aromatic N) is 2. The monoisotopic (exact) mass is 524 g/mol. The summed E-state index contributed by atoms with van der Waals surface area (Å²) in [5.41, 5.74) is 2.18. The number of hydrogen-bond donors (Lipinski definition) is 2. The van der Waals surface area contributed by atoms with Crippen molar-refractivity contribution < 1.29 is 9.18 Å². The van der Waals surface area contributed by atoms with Crippen LogP contribution in [0.1, 0.15) is 17.5 Å². The molecule has 1 fully saturated rings. The van der Waals surface area contributed by atoms with E-state index in [1.807, 2.05) is 0 Å². The van der Waals surface area contributed by atoms with Crippen molar-refractivity contribution in [1.29, 1.82) is 0 Å². The summed E-state index contributed by atoms with van der Waals surface area (Å²) < 4.78 is 12.9. The quantitative estimate of drug-likeness (QED) is 0.253. The van der Waals surface area contributed by atoms with Crippen molar-refractivity contribution in [3.63, 3.8) is 0 Å². The van der Waals surface area contributed by atoms with Crippen molar-refractivity contribution in [2.45, 2.75) is 19.3 Å². The van der Waals surface area contributed by atoms with Crippen LogP contribution >= 0.6 is 24.0 Å². The van der Waals surface area contributed by atoms with Gasteiger partial charge in [-0.1, -0.05) is 42.5 Å². The summed E-state index contributed by atoms with van der Waals surface area (Å²) in [4.78, 5) is 18.7. The number of amides is 1. The van der Waals surface area contributed by atoms with Crippen molar-refractivity contribution in [3.8, 4) is 0 Å². The van der Waals surface area contributed by atoms with E-state index in [0.717, 1.165) is 37.5 Å². The highest BCUT2D eigenvalue weighted by Crippen LogP contribution is 2.20. The van der Waals surface area contributed by atoms with Gasteiger partial charge in [-0.2, -0.15) is 0 Å². The second-order valence-electron chi connectivity index (χ2n) is 7.42. The van der Waals surface area contributed by atoms with Crippen LogP contribution in [0, 0.1) is 11.7 Å². The Kier molecular flexibility index (Phi) is 10.1. The van der Waals surface area contributed by atoms with E-state index in [1.165, 1.54) is 17.7 Å². The highest BCUT2D eigenvalue weighted by Gasteiger charge is 2.24. The zero-order valence-corrected chi connectivity index (χ0v) is 19.6. The average molecular weight is 524 g/mol. The predicted molar refractivity (Wildman–Crippen MR) is 130 cm³/mol. The van der Waals surface area contributed by atoms with Gasteiger partial charge in [-0.3, -0.25) is 9.79 Å². The molecule has 1 heterocycles. The molecule has 0 spiro atoms. The summed E-state index contributed by atoms with van der Waals surface area (Å²) >= 11 is 0. The van der Waals surface area contributed by atoms with Crippen LogP contribution in [0.15, 0.2) is 59.6 Å². The number of halogens is 2. The van der Waals surface area contributed by atoms with Gasteiger partial charge < -0.3 is 15.5 Å². The summed E-state index contributed by atoms with van der Waals surface area (Å²) in [5.74, 6) is 1.15. The Labute approximate surface area is 195 Å². The molecule has 162 valence electrons. The standard InChI is InChI=1S/C23H29FN4O.HI/c1-25-23(28-14-11-20(17-28)15-18-5-3-2-4-6-18)27-13-12-26-22(29)16-19-7-9-21(24)10-8-19;/h2-10,20H,11-17H2,1H3,(H,25,27)(H,26,29);1H. The van der Waals surface area contributed by atoms with Gasteiger partial charge in [0.05, 0.1) is 6.42 Å². The Bertz CT molecular complexity index is 814. The Morgan fingerprint density at radius 1 is 1.07 bits per heavy atom. The molecule has 0 radical (unpaired) electrons. The third kappa shape index (κ3) is 7.59. The number of carbonyl (C=O) groups excluding carboxylic acids is 1. The molecule has 1 aliphatic rings. The summed E-state index contributed by atoms with van der Waals surface area (Å²) in [6, 6.07) is 16.6. The van der Waals surface area contributed by atoms with Crippen LogP contribution in [0.4, 0.5) is 4.39 Å². The molecule has 0 bridgehead atoms.